The maximum atomic E-state index is 13.2. The van der Waals surface area contributed by atoms with Crippen LogP contribution in [-0.4, -0.2) is 17.8 Å². The Kier molecular flexibility index (Phi) is 3.43. The largest absolute Gasteiger partial charge is 0.392 e. The van der Waals surface area contributed by atoms with Crippen LogP contribution in [0.15, 0.2) is 18.2 Å². The topological polar surface area (TPSA) is 56.0 Å². The molecule has 0 heterocycles. The summed E-state index contributed by atoms with van der Waals surface area (Å²) in [5, 5.41) is 20.2. The Bertz CT molecular complexity index is 358. The minimum absolute atomic E-state index is 0.281. The average Bonchev–Trinajstić information content (AvgIpc) is 2.15. The lowest BCUT2D eigenvalue weighted by molar-refractivity contribution is 0.208. The molecule has 1 rings (SSSR count). The number of nitriles is 1. The number of nitrogens with one attached hydrogen (secondary N) is 1. The van der Waals surface area contributed by atoms with Crippen molar-refractivity contribution >= 4 is 5.69 Å². The summed E-state index contributed by atoms with van der Waals surface area (Å²) >= 11 is 0. The van der Waals surface area contributed by atoms with Gasteiger partial charge in [0.2, 0.25) is 0 Å². The van der Waals surface area contributed by atoms with E-state index >= 15 is 0 Å². The van der Waals surface area contributed by atoms with Gasteiger partial charge in [0.05, 0.1) is 23.4 Å². The van der Waals surface area contributed by atoms with E-state index < -0.39 is 11.9 Å². The molecule has 0 aliphatic rings. The van der Waals surface area contributed by atoms with Crippen molar-refractivity contribution in [3.05, 3.63) is 29.6 Å². The number of rotatable bonds is 3. The summed E-state index contributed by atoms with van der Waals surface area (Å²) in [5.74, 6) is -0.482. The van der Waals surface area contributed by atoms with Crippen molar-refractivity contribution < 1.29 is 9.50 Å². The van der Waals surface area contributed by atoms with Crippen molar-refractivity contribution in [3.63, 3.8) is 0 Å². The zero-order valence-electron chi connectivity index (χ0n) is 7.79. The first-order valence-electron chi connectivity index (χ1n) is 4.25. The Morgan fingerprint density at radius 3 is 2.86 bits per heavy atom. The standard InChI is InChI=1S/C10H11FN2O/c1-7(14)6-13-10-3-2-8(5-12)4-9(10)11/h2-4,7,13-14H,6H2,1H3/t7-/m0/s1. The highest BCUT2D eigenvalue weighted by Gasteiger charge is 2.03. The minimum Gasteiger partial charge on any atom is -0.392 e. The van der Waals surface area contributed by atoms with Gasteiger partial charge in [-0.25, -0.2) is 4.39 Å². The van der Waals surface area contributed by atoms with Crippen LogP contribution in [-0.2, 0) is 0 Å². The second kappa shape index (κ2) is 4.58. The Labute approximate surface area is 81.8 Å². The second-order valence-electron chi connectivity index (χ2n) is 3.04. The predicted octanol–water partition coefficient (Wildman–Crippen LogP) is 1.49. The molecule has 0 fully saturated rings. The molecule has 2 N–H and O–H groups in total. The Hall–Kier alpha value is -1.60. The third kappa shape index (κ3) is 2.71. The molecule has 0 bridgehead atoms. The van der Waals surface area contributed by atoms with Crippen LogP contribution in [0.25, 0.3) is 0 Å². The lowest BCUT2D eigenvalue weighted by atomic mass is 10.2. The van der Waals surface area contributed by atoms with Gasteiger partial charge in [-0.2, -0.15) is 5.26 Å². The SMILES string of the molecule is C[C@H](O)CNc1ccc(C#N)cc1F. The van der Waals surface area contributed by atoms with Crippen molar-refractivity contribution in [2.75, 3.05) is 11.9 Å². The van der Waals surface area contributed by atoms with Gasteiger partial charge in [-0.15, -0.1) is 0 Å². The maximum absolute atomic E-state index is 13.2. The van der Waals surface area contributed by atoms with E-state index in [0.717, 1.165) is 6.07 Å². The van der Waals surface area contributed by atoms with E-state index in [1.807, 2.05) is 6.07 Å². The van der Waals surface area contributed by atoms with E-state index in [0.29, 0.717) is 5.69 Å². The van der Waals surface area contributed by atoms with E-state index in [1.54, 1.807) is 6.92 Å². The molecule has 0 radical (unpaired) electrons. The molecule has 0 aliphatic carbocycles. The number of halogens is 1. The molecule has 1 atom stereocenters. The fourth-order valence-corrected chi connectivity index (χ4v) is 0.986. The Morgan fingerprint density at radius 2 is 2.36 bits per heavy atom. The van der Waals surface area contributed by atoms with Gasteiger partial charge >= 0.3 is 0 Å². The molecule has 4 heteroatoms. The highest BCUT2D eigenvalue weighted by atomic mass is 19.1. The number of anilines is 1. The molecule has 0 amide bonds. The fraction of sp³-hybridized carbons (Fsp3) is 0.300. The molecule has 0 saturated heterocycles. The van der Waals surface area contributed by atoms with Crippen LogP contribution < -0.4 is 5.32 Å². The molecule has 0 spiro atoms. The van der Waals surface area contributed by atoms with Gasteiger partial charge in [-0.05, 0) is 25.1 Å². The highest BCUT2D eigenvalue weighted by molar-refractivity contribution is 5.48. The third-order valence-corrected chi connectivity index (χ3v) is 1.69. The maximum Gasteiger partial charge on any atom is 0.147 e. The third-order valence-electron chi connectivity index (χ3n) is 1.69. The first-order chi connectivity index (χ1) is 6.63. The summed E-state index contributed by atoms with van der Waals surface area (Å²) in [4.78, 5) is 0. The van der Waals surface area contributed by atoms with Crippen molar-refractivity contribution in [2.24, 2.45) is 0 Å². The summed E-state index contributed by atoms with van der Waals surface area (Å²) in [6.45, 7) is 1.89. The second-order valence-corrected chi connectivity index (χ2v) is 3.04. The van der Waals surface area contributed by atoms with Crippen LogP contribution >= 0.6 is 0 Å². The van der Waals surface area contributed by atoms with Gasteiger partial charge in [0.25, 0.3) is 0 Å². The molecular weight excluding hydrogens is 183 g/mol. The van der Waals surface area contributed by atoms with Gasteiger partial charge in [0.15, 0.2) is 0 Å². The number of aliphatic hydroxyl groups is 1. The van der Waals surface area contributed by atoms with Crippen LogP contribution in [0, 0.1) is 17.1 Å². The van der Waals surface area contributed by atoms with Gasteiger partial charge in [0.1, 0.15) is 5.82 Å². The molecule has 14 heavy (non-hydrogen) atoms. The fourth-order valence-electron chi connectivity index (χ4n) is 0.986. The summed E-state index contributed by atoms with van der Waals surface area (Å²) in [6.07, 6.45) is -0.537. The minimum atomic E-state index is -0.537. The average molecular weight is 194 g/mol. The van der Waals surface area contributed by atoms with Crippen molar-refractivity contribution in [1.29, 1.82) is 5.26 Å². The van der Waals surface area contributed by atoms with Crippen molar-refractivity contribution in [2.45, 2.75) is 13.0 Å². The molecule has 3 nitrogen and oxygen atoms in total. The van der Waals surface area contributed by atoms with Crippen molar-refractivity contribution in [1.82, 2.24) is 0 Å². The Morgan fingerprint density at radius 1 is 1.64 bits per heavy atom. The first-order valence-corrected chi connectivity index (χ1v) is 4.25. The van der Waals surface area contributed by atoms with Gasteiger partial charge in [-0.3, -0.25) is 0 Å². The number of benzene rings is 1. The lowest BCUT2D eigenvalue weighted by Crippen LogP contribution is -2.15. The normalized spacial score (nSPS) is 11.9. The molecule has 0 aliphatic heterocycles. The lowest BCUT2D eigenvalue weighted by Gasteiger charge is -2.08. The zero-order valence-corrected chi connectivity index (χ0v) is 7.79. The molecule has 1 aromatic rings. The predicted molar refractivity (Wildman–Crippen MR) is 51.3 cm³/mol. The molecule has 0 saturated carbocycles. The Balaban J connectivity index is 2.75. The molecule has 1 aromatic carbocycles. The van der Waals surface area contributed by atoms with E-state index in [9.17, 15) is 4.39 Å². The highest BCUT2D eigenvalue weighted by Crippen LogP contribution is 2.14. The summed E-state index contributed by atoms with van der Waals surface area (Å²) in [6, 6.07) is 6.00. The number of hydrogen-bond donors (Lipinski definition) is 2. The van der Waals surface area contributed by atoms with E-state index in [1.165, 1.54) is 12.1 Å². The molecule has 0 unspecified atom stereocenters. The van der Waals surface area contributed by atoms with Crippen molar-refractivity contribution in [3.8, 4) is 6.07 Å². The number of nitrogens with zero attached hydrogens (tertiary/aromatic N) is 1. The summed E-state index contributed by atoms with van der Waals surface area (Å²) < 4.78 is 13.2. The van der Waals surface area contributed by atoms with Crippen LogP contribution in [0.2, 0.25) is 0 Å². The molecular formula is C10H11FN2O. The monoisotopic (exact) mass is 194 g/mol. The molecule has 74 valence electrons. The quantitative estimate of drug-likeness (QED) is 0.766. The zero-order chi connectivity index (χ0) is 10.6. The van der Waals surface area contributed by atoms with Crippen LogP contribution in [0.4, 0.5) is 10.1 Å². The first kappa shape index (κ1) is 10.5. The van der Waals surface area contributed by atoms with Crippen LogP contribution in [0.3, 0.4) is 0 Å². The smallest absolute Gasteiger partial charge is 0.147 e. The van der Waals surface area contributed by atoms with Gasteiger partial charge < -0.3 is 10.4 Å². The van der Waals surface area contributed by atoms with E-state index in [2.05, 4.69) is 5.32 Å². The summed E-state index contributed by atoms with van der Waals surface area (Å²) in [5.41, 5.74) is 0.579. The number of hydrogen-bond acceptors (Lipinski definition) is 3. The summed E-state index contributed by atoms with van der Waals surface area (Å²) in [7, 11) is 0. The van der Waals surface area contributed by atoms with E-state index in [4.69, 9.17) is 10.4 Å². The number of aliphatic hydroxyl groups excluding tert-OH is 1. The van der Waals surface area contributed by atoms with Gasteiger partial charge in [-0.1, -0.05) is 0 Å². The van der Waals surface area contributed by atoms with Crippen LogP contribution in [0.5, 0.6) is 0 Å². The van der Waals surface area contributed by atoms with Gasteiger partial charge in [0, 0.05) is 6.54 Å². The van der Waals surface area contributed by atoms with E-state index in [-0.39, 0.29) is 12.1 Å². The molecule has 0 aromatic heterocycles. The van der Waals surface area contributed by atoms with Crippen LogP contribution in [0.1, 0.15) is 12.5 Å².